The first kappa shape index (κ1) is 19.0. The number of hydrogen-bond donors (Lipinski definition) is 0. The summed E-state index contributed by atoms with van der Waals surface area (Å²) >= 11 is -0.826. The van der Waals surface area contributed by atoms with Crippen LogP contribution in [0.1, 0.15) is 37.5 Å². The fourth-order valence-electron chi connectivity index (χ4n) is 2.94. The van der Waals surface area contributed by atoms with Crippen LogP contribution in [0.3, 0.4) is 0 Å². The standard InChI is InChI=1S/C20H22.2ClH.Zr/c1-4-15-8-10-16(11-9-15)19-7-5-6-17-12-18(14(2)3)13-20(17)19;;;/h5-11,13-14H,4,12H2,1-3H3;2*1H;/q;;;+2/p-2. The fourth-order valence-corrected chi connectivity index (χ4v) is 2.94. The minimum absolute atomic E-state index is 0.637. The second-order valence-corrected chi connectivity index (χ2v) is 9.78. The van der Waals surface area contributed by atoms with Gasteiger partial charge in [0.15, 0.2) is 0 Å². The van der Waals surface area contributed by atoms with Crippen molar-refractivity contribution in [3.8, 4) is 11.1 Å². The van der Waals surface area contributed by atoms with E-state index in [4.69, 9.17) is 17.0 Å². The van der Waals surface area contributed by atoms with Gasteiger partial charge < -0.3 is 0 Å². The third-order valence-corrected chi connectivity index (χ3v) is 4.34. The van der Waals surface area contributed by atoms with E-state index >= 15 is 0 Å². The van der Waals surface area contributed by atoms with Gasteiger partial charge in [0.25, 0.3) is 0 Å². The van der Waals surface area contributed by atoms with Crippen molar-refractivity contribution in [2.24, 2.45) is 5.92 Å². The van der Waals surface area contributed by atoms with Crippen molar-refractivity contribution in [2.45, 2.75) is 33.6 Å². The molecule has 3 heteroatoms. The van der Waals surface area contributed by atoms with E-state index in [1.165, 1.54) is 27.8 Å². The van der Waals surface area contributed by atoms with E-state index in [1.54, 1.807) is 5.57 Å². The van der Waals surface area contributed by atoms with Crippen molar-refractivity contribution < 1.29 is 20.8 Å². The number of benzene rings is 2. The molecule has 0 aromatic heterocycles. The summed E-state index contributed by atoms with van der Waals surface area (Å²) in [6, 6.07) is 15.7. The van der Waals surface area contributed by atoms with Crippen molar-refractivity contribution in [3.63, 3.8) is 0 Å². The van der Waals surface area contributed by atoms with Crippen molar-refractivity contribution in [1.29, 1.82) is 0 Å². The number of hydrogen-bond acceptors (Lipinski definition) is 0. The molecule has 1 aliphatic rings. The van der Waals surface area contributed by atoms with E-state index < -0.39 is 20.8 Å². The Bertz CT molecular complexity index is 673. The second kappa shape index (κ2) is 9.21. The van der Waals surface area contributed by atoms with E-state index in [0.29, 0.717) is 5.92 Å². The normalized spacial score (nSPS) is 12.3. The molecule has 0 heterocycles. The van der Waals surface area contributed by atoms with Crippen LogP contribution < -0.4 is 0 Å². The summed E-state index contributed by atoms with van der Waals surface area (Å²) in [6.07, 6.45) is 4.63. The number of halogens is 2. The van der Waals surface area contributed by atoms with E-state index in [1.807, 2.05) is 0 Å². The van der Waals surface area contributed by atoms with Gasteiger partial charge in [0.05, 0.1) is 0 Å². The zero-order valence-electron chi connectivity index (χ0n) is 13.9. The molecule has 0 atom stereocenters. The minimum atomic E-state index is -0.826. The molecule has 0 saturated carbocycles. The van der Waals surface area contributed by atoms with Gasteiger partial charge in [-0.05, 0) is 46.6 Å². The number of rotatable bonds is 3. The topological polar surface area (TPSA) is 0 Å². The third kappa shape index (κ3) is 4.82. The van der Waals surface area contributed by atoms with Gasteiger partial charge >= 0.3 is 37.9 Å². The van der Waals surface area contributed by atoms with E-state index in [0.717, 1.165) is 12.8 Å². The van der Waals surface area contributed by atoms with Gasteiger partial charge in [0, 0.05) is 0 Å². The average Bonchev–Trinajstić information content (AvgIpc) is 3.00. The monoisotopic (exact) mass is 422 g/mol. The molecule has 2 aromatic carbocycles. The fraction of sp³-hybridized carbons (Fsp3) is 0.300. The van der Waals surface area contributed by atoms with Gasteiger partial charge in [-0.3, -0.25) is 0 Å². The number of allylic oxidation sites excluding steroid dienone is 1. The van der Waals surface area contributed by atoms with Crippen molar-refractivity contribution >= 4 is 23.1 Å². The van der Waals surface area contributed by atoms with Gasteiger partial charge in [0.2, 0.25) is 0 Å². The molecule has 2 aromatic rings. The number of fused-ring (bicyclic) bond motifs is 1. The van der Waals surface area contributed by atoms with Crippen LogP contribution in [-0.4, -0.2) is 0 Å². The zero-order chi connectivity index (χ0) is 16.8. The van der Waals surface area contributed by atoms with Crippen LogP contribution in [0.25, 0.3) is 17.2 Å². The Morgan fingerprint density at radius 3 is 2.26 bits per heavy atom. The summed E-state index contributed by atoms with van der Waals surface area (Å²) in [5, 5.41) is 0. The van der Waals surface area contributed by atoms with Crippen LogP contribution in [0.2, 0.25) is 0 Å². The SMILES string of the molecule is CCc1ccc(-c2cccc3c2C=C(C(C)C)C3)cc1.[Cl][Zr][Cl]. The predicted molar refractivity (Wildman–Crippen MR) is 99.5 cm³/mol. The molecule has 0 amide bonds. The van der Waals surface area contributed by atoms with Crippen LogP contribution in [-0.2, 0) is 33.7 Å². The first-order valence-corrected chi connectivity index (χ1v) is 14.3. The molecule has 0 saturated heterocycles. The molecule has 1 aliphatic carbocycles. The first-order chi connectivity index (χ1) is 11.1. The summed E-state index contributed by atoms with van der Waals surface area (Å²) in [5.74, 6) is 0.637. The quantitative estimate of drug-likeness (QED) is 0.503. The van der Waals surface area contributed by atoms with Crippen molar-refractivity contribution in [2.75, 3.05) is 0 Å². The van der Waals surface area contributed by atoms with Crippen LogP contribution in [0.4, 0.5) is 0 Å². The predicted octanol–water partition coefficient (Wildman–Crippen LogP) is 6.89. The second-order valence-electron chi connectivity index (χ2n) is 6.05. The molecule has 120 valence electrons. The molecule has 0 bridgehead atoms. The van der Waals surface area contributed by atoms with Crippen molar-refractivity contribution in [1.82, 2.24) is 0 Å². The van der Waals surface area contributed by atoms with Gasteiger partial charge in [-0.25, -0.2) is 0 Å². The number of aryl methyl sites for hydroxylation is 1. The maximum absolute atomic E-state index is 4.93. The Morgan fingerprint density at radius 1 is 1.04 bits per heavy atom. The molecule has 0 spiro atoms. The summed E-state index contributed by atoms with van der Waals surface area (Å²) in [6.45, 7) is 6.77. The molecule has 0 radical (unpaired) electrons. The van der Waals surface area contributed by atoms with Crippen LogP contribution in [0.5, 0.6) is 0 Å². The maximum atomic E-state index is 4.93. The molecular formula is C20H22Cl2Zr. The van der Waals surface area contributed by atoms with Crippen LogP contribution in [0, 0.1) is 5.92 Å². The molecule has 3 rings (SSSR count). The summed E-state index contributed by atoms with van der Waals surface area (Å²) < 4.78 is 0. The molecule has 0 aliphatic heterocycles. The Labute approximate surface area is 158 Å². The first-order valence-electron chi connectivity index (χ1n) is 7.98. The van der Waals surface area contributed by atoms with Crippen LogP contribution in [0.15, 0.2) is 48.0 Å². The van der Waals surface area contributed by atoms with Gasteiger partial charge in [0.1, 0.15) is 0 Å². The van der Waals surface area contributed by atoms with E-state index in [2.05, 4.69) is 69.3 Å². The summed E-state index contributed by atoms with van der Waals surface area (Å²) in [5.41, 5.74) is 8.57. The molecule has 0 fully saturated rings. The average molecular weight is 425 g/mol. The van der Waals surface area contributed by atoms with Gasteiger partial charge in [-0.1, -0.05) is 74.9 Å². The van der Waals surface area contributed by atoms with Crippen LogP contribution >= 0.6 is 17.0 Å². The molecule has 0 N–H and O–H groups in total. The van der Waals surface area contributed by atoms with Crippen molar-refractivity contribution in [3.05, 3.63) is 64.7 Å². The Balaban J connectivity index is 0.000000595. The third-order valence-electron chi connectivity index (χ3n) is 4.34. The molecular weight excluding hydrogens is 402 g/mol. The summed E-state index contributed by atoms with van der Waals surface area (Å²) in [4.78, 5) is 0. The zero-order valence-corrected chi connectivity index (χ0v) is 17.8. The summed E-state index contributed by atoms with van der Waals surface area (Å²) in [7, 11) is 9.87. The Hall–Kier alpha value is -0.357. The molecule has 0 nitrogen and oxygen atoms in total. The molecule has 23 heavy (non-hydrogen) atoms. The van der Waals surface area contributed by atoms with E-state index in [9.17, 15) is 0 Å². The van der Waals surface area contributed by atoms with Gasteiger partial charge in [-0.2, -0.15) is 0 Å². The van der Waals surface area contributed by atoms with Gasteiger partial charge in [-0.15, -0.1) is 0 Å². The Morgan fingerprint density at radius 2 is 1.70 bits per heavy atom. The molecule has 0 unspecified atom stereocenters. The Kier molecular flexibility index (Phi) is 7.60. The van der Waals surface area contributed by atoms with E-state index in [-0.39, 0.29) is 0 Å².